The van der Waals surface area contributed by atoms with Crippen LogP contribution in [-0.2, 0) is 14.2 Å². The molecular weight excluding hydrogens is 376 g/mol. The molecule has 3 aliphatic heterocycles. The smallest absolute Gasteiger partial charge is 0.171 e. The van der Waals surface area contributed by atoms with Gasteiger partial charge in [0.1, 0.15) is 11.3 Å². The largest absolute Gasteiger partial charge is 0.385 e. The second-order valence-corrected chi connectivity index (χ2v) is 9.13. The Hall–Kier alpha value is -0.240. The van der Waals surface area contributed by atoms with E-state index in [4.69, 9.17) is 19.9 Å². The number of hydrazine groups is 2. The SMILES string of the molecule is COC1CCC2C(C1)C(C1NNC(OC)S1)=C(N)N2C1NNC(OC)S1. The highest BCUT2D eigenvalue weighted by Gasteiger charge is 2.50. The lowest BCUT2D eigenvalue weighted by Crippen LogP contribution is -2.50. The lowest BCUT2D eigenvalue weighted by molar-refractivity contribution is 0.0286. The summed E-state index contributed by atoms with van der Waals surface area (Å²) >= 11 is 3.40. The zero-order valence-corrected chi connectivity index (χ0v) is 16.9. The van der Waals surface area contributed by atoms with Gasteiger partial charge >= 0.3 is 0 Å². The maximum absolute atomic E-state index is 6.72. The number of thioether (sulfide) groups is 2. The van der Waals surface area contributed by atoms with E-state index in [0.717, 1.165) is 25.1 Å². The van der Waals surface area contributed by atoms with Gasteiger partial charge in [-0.05, 0) is 19.3 Å². The van der Waals surface area contributed by atoms with Crippen molar-refractivity contribution in [2.75, 3.05) is 21.3 Å². The Labute approximate surface area is 162 Å². The summed E-state index contributed by atoms with van der Waals surface area (Å²) in [5, 5.41) is 0.0886. The van der Waals surface area contributed by atoms with E-state index in [0.29, 0.717) is 12.0 Å². The van der Waals surface area contributed by atoms with Crippen molar-refractivity contribution >= 4 is 23.5 Å². The van der Waals surface area contributed by atoms with E-state index >= 15 is 0 Å². The predicted octanol–water partition coefficient (Wildman–Crippen LogP) is -0.192. The number of hydrogen-bond acceptors (Lipinski definition) is 11. The van der Waals surface area contributed by atoms with Crippen molar-refractivity contribution in [3.63, 3.8) is 0 Å². The molecule has 3 fully saturated rings. The van der Waals surface area contributed by atoms with E-state index < -0.39 is 0 Å². The highest BCUT2D eigenvalue weighted by Crippen LogP contribution is 2.48. The molecule has 0 spiro atoms. The average molecular weight is 405 g/mol. The number of ether oxygens (including phenoxy) is 3. The molecule has 2 saturated heterocycles. The first kappa shape index (κ1) is 19.1. The zero-order chi connectivity index (χ0) is 18.3. The van der Waals surface area contributed by atoms with Gasteiger partial charge in [-0.2, -0.15) is 0 Å². The maximum atomic E-state index is 6.72. The Morgan fingerprint density at radius 2 is 1.69 bits per heavy atom. The van der Waals surface area contributed by atoms with Crippen LogP contribution in [0.1, 0.15) is 19.3 Å². The zero-order valence-electron chi connectivity index (χ0n) is 15.2. The van der Waals surface area contributed by atoms with Crippen molar-refractivity contribution in [1.82, 2.24) is 26.6 Å². The molecular formula is C15H28N6O3S2. The second-order valence-electron chi connectivity index (χ2n) is 6.81. The molecule has 0 aromatic heterocycles. The van der Waals surface area contributed by atoms with Crippen LogP contribution in [0.3, 0.4) is 0 Å². The quantitative estimate of drug-likeness (QED) is 0.421. The van der Waals surface area contributed by atoms with Crippen LogP contribution in [0.25, 0.3) is 0 Å². The number of hydrogen-bond donors (Lipinski definition) is 5. The Morgan fingerprint density at radius 1 is 0.962 bits per heavy atom. The Bertz CT molecular complexity index is 555. The third-order valence-electron chi connectivity index (χ3n) is 5.56. The molecule has 1 aliphatic carbocycles. The number of nitrogens with one attached hydrogen (secondary N) is 4. The van der Waals surface area contributed by atoms with Crippen molar-refractivity contribution in [3.8, 4) is 0 Å². The molecule has 0 amide bonds. The molecule has 6 N–H and O–H groups in total. The normalized spacial score (nSPS) is 43.3. The molecule has 3 heterocycles. The summed E-state index contributed by atoms with van der Waals surface area (Å²) in [5.74, 6) is 1.21. The summed E-state index contributed by atoms with van der Waals surface area (Å²) in [5.41, 5.74) is 20.9. The molecule has 0 radical (unpaired) electrons. The molecule has 148 valence electrons. The van der Waals surface area contributed by atoms with Crippen molar-refractivity contribution in [3.05, 3.63) is 11.4 Å². The van der Waals surface area contributed by atoms with Gasteiger partial charge < -0.3 is 24.8 Å². The van der Waals surface area contributed by atoms with Crippen molar-refractivity contribution < 1.29 is 14.2 Å². The molecule has 1 saturated carbocycles. The summed E-state index contributed by atoms with van der Waals surface area (Å²) in [6.45, 7) is 0. The Morgan fingerprint density at radius 3 is 2.35 bits per heavy atom. The van der Waals surface area contributed by atoms with E-state index in [2.05, 4.69) is 26.6 Å². The predicted molar refractivity (Wildman–Crippen MR) is 102 cm³/mol. The number of fused-ring (bicyclic) bond motifs is 1. The number of rotatable bonds is 5. The minimum absolute atomic E-state index is 0.0432. The number of nitrogens with zero attached hydrogens (tertiary/aromatic N) is 1. The van der Waals surface area contributed by atoms with Crippen molar-refractivity contribution in [1.29, 1.82) is 0 Å². The third-order valence-corrected chi connectivity index (χ3v) is 7.92. The first-order valence-corrected chi connectivity index (χ1v) is 10.7. The van der Waals surface area contributed by atoms with Crippen molar-refractivity contribution in [2.45, 2.75) is 53.4 Å². The van der Waals surface area contributed by atoms with E-state index in [-0.39, 0.29) is 28.1 Å². The van der Waals surface area contributed by atoms with Crippen LogP contribution in [0, 0.1) is 5.92 Å². The minimum Gasteiger partial charge on any atom is -0.385 e. The van der Waals surface area contributed by atoms with Gasteiger partial charge in [0.15, 0.2) is 11.1 Å². The first-order chi connectivity index (χ1) is 12.7. The van der Waals surface area contributed by atoms with Gasteiger partial charge in [-0.3, -0.25) is 0 Å². The van der Waals surface area contributed by atoms with Crippen LogP contribution in [0.5, 0.6) is 0 Å². The molecule has 4 rings (SSSR count). The number of nitrogens with two attached hydrogens (primary N) is 1. The molecule has 9 nitrogen and oxygen atoms in total. The summed E-state index contributed by atoms with van der Waals surface area (Å²) in [6, 6.07) is 0.364. The van der Waals surface area contributed by atoms with E-state index in [9.17, 15) is 0 Å². The molecule has 7 atom stereocenters. The van der Waals surface area contributed by atoms with Crippen LogP contribution in [0.15, 0.2) is 11.4 Å². The number of methoxy groups -OCH3 is 3. The van der Waals surface area contributed by atoms with E-state index in [1.54, 1.807) is 44.9 Å². The minimum atomic E-state index is -0.0795. The maximum Gasteiger partial charge on any atom is 0.171 e. The molecule has 0 bridgehead atoms. The van der Waals surface area contributed by atoms with Crippen LogP contribution in [-0.4, -0.2) is 60.4 Å². The fourth-order valence-electron chi connectivity index (χ4n) is 4.32. The highest BCUT2D eigenvalue weighted by molar-refractivity contribution is 8.00. The molecule has 11 heteroatoms. The summed E-state index contributed by atoms with van der Waals surface area (Å²) in [7, 11) is 5.20. The van der Waals surface area contributed by atoms with Crippen LogP contribution in [0.2, 0.25) is 0 Å². The lowest BCUT2D eigenvalue weighted by Gasteiger charge is -2.39. The van der Waals surface area contributed by atoms with Crippen LogP contribution in [0.4, 0.5) is 0 Å². The molecule has 4 aliphatic rings. The third kappa shape index (κ3) is 3.33. The van der Waals surface area contributed by atoms with Crippen LogP contribution < -0.4 is 27.4 Å². The van der Waals surface area contributed by atoms with Crippen LogP contribution >= 0.6 is 23.5 Å². The van der Waals surface area contributed by atoms with E-state index in [1.807, 2.05) is 0 Å². The van der Waals surface area contributed by atoms with Gasteiger partial charge in [-0.25, -0.2) is 21.7 Å². The van der Waals surface area contributed by atoms with Gasteiger partial charge in [0.25, 0.3) is 0 Å². The van der Waals surface area contributed by atoms with Gasteiger partial charge in [-0.15, -0.1) is 0 Å². The monoisotopic (exact) mass is 404 g/mol. The summed E-state index contributed by atoms with van der Waals surface area (Å²) in [4.78, 5) is 2.32. The fraction of sp³-hybridized carbons (Fsp3) is 0.867. The highest BCUT2D eigenvalue weighted by atomic mass is 32.2. The first-order valence-electron chi connectivity index (χ1n) is 8.85. The lowest BCUT2D eigenvalue weighted by atomic mass is 9.80. The average Bonchev–Trinajstić information content (AvgIpc) is 3.37. The summed E-state index contributed by atoms with van der Waals surface area (Å²) < 4.78 is 16.5. The molecule has 0 aromatic rings. The molecule has 26 heavy (non-hydrogen) atoms. The molecule has 0 aromatic carbocycles. The summed E-state index contributed by atoms with van der Waals surface area (Å²) in [6.07, 6.45) is 3.38. The van der Waals surface area contributed by atoms with Gasteiger partial charge in [0, 0.05) is 38.9 Å². The topological polar surface area (TPSA) is 105 Å². The van der Waals surface area contributed by atoms with Gasteiger partial charge in [-0.1, -0.05) is 23.5 Å². The van der Waals surface area contributed by atoms with Gasteiger partial charge in [0.05, 0.1) is 11.5 Å². The van der Waals surface area contributed by atoms with Gasteiger partial charge in [0.2, 0.25) is 0 Å². The van der Waals surface area contributed by atoms with Crippen molar-refractivity contribution in [2.24, 2.45) is 11.7 Å². The Balaban J connectivity index is 1.60. The second kappa shape index (κ2) is 8.02. The Kier molecular flexibility index (Phi) is 5.89. The fourth-order valence-corrected chi connectivity index (χ4v) is 6.41. The molecule has 7 unspecified atom stereocenters. The standard InChI is InChI=1S/C15H28N6O3S2/c1-22-7-4-5-9-8(6-7)10(12-17-19-14(23-2)25-12)11(16)21(9)13-18-20-15(24-3)26-13/h7-9,12-15,17-20H,4-6,16H2,1-3H3. The van der Waals surface area contributed by atoms with E-state index in [1.165, 1.54) is 5.57 Å².